The van der Waals surface area contributed by atoms with Crippen molar-refractivity contribution in [2.24, 2.45) is 0 Å². The summed E-state index contributed by atoms with van der Waals surface area (Å²) in [7, 11) is 1.54. The highest BCUT2D eigenvalue weighted by atomic mass is 32.1. The number of hydrogen-bond donors (Lipinski definition) is 1. The molecule has 18 heavy (non-hydrogen) atoms. The summed E-state index contributed by atoms with van der Waals surface area (Å²) in [5.41, 5.74) is 4.67. The lowest BCUT2D eigenvalue weighted by molar-refractivity contribution is 0.147. The first-order valence-electron chi connectivity index (χ1n) is 5.49. The van der Waals surface area contributed by atoms with E-state index in [0.717, 1.165) is 27.6 Å². The summed E-state index contributed by atoms with van der Waals surface area (Å²) in [5, 5.41) is 0.926. The molecule has 94 valence electrons. The topological polar surface area (TPSA) is 47.0 Å². The van der Waals surface area contributed by atoms with Gasteiger partial charge in [0.15, 0.2) is 0 Å². The summed E-state index contributed by atoms with van der Waals surface area (Å²) < 4.78 is 0. The van der Waals surface area contributed by atoms with E-state index in [1.165, 1.54) is 0 Å². The first-order chi connectivity index (χ1) is 8.76. The van der Waals surface area contributed by atoms with Crippen LogP contribution in [-0.4, -0.2) is 22.1 Å². The Kier molecular flexibility index (Phi) is 4.35. The quantitative estimate of drug-likeness (QED) is 0.688. The fourth-order valence-electron chi connectivity index (χ4n) is 1.52. The Morgan fingerprint density at radius 3 is 3.00 bits per heavy atom. The standard InChI is InChI=1S/C12H13N3OS2/c1-3-9-10(11(17)15-16-2)18-12(14-9)8-5-4-6-13-7-8/h4-7H,3H2,1-2H3,(H,15,17). The van der Waals surface area contributed by atoms with Gasteiger partial charge in [-0.1, -0.05) is 19.1 Å². The van der Waals surface area contributed by atoms with Gasteiger partial charge in [0.2, 0.25) is 0 Å². The molecule has 2 heterocycles. The van der Waals surface area contributed by atoms with Crippen LogP contribution in [-0.2, 0) is 11.3 Å². The third-order valence-electron chi connectivity index (χ3n) is 2.34. The van der Waals surface area contributed by atoms with E-state index in [9.17, 15) is 0 Å². The van der Waals surface area contributed by atoms with E-state index in [-0.39, 0.29) is 0 Å². The Balaban J connectivity index is 2.38. The van der Waals surface area contributed by atoms with Crippen LogP contribution in [0.25, 0.3) is 10.6 Å². The van der Waals surface area contributed by atoms with Crippen LogP contribution in [0.15, 0.2) is 24.5 Å². The summed E-state index contributed by atoms with van der Waals surface area (Å²) in [5.74, 6) is 0. The molecule has 0 saturated heterocycles. The van der Waals surface area contributed by atoms with Gasteiger partial charge in [-0.25, -0.2) is 4.98 Å². The Labute approximate surface area is 115 Å². The van der Waals surface area contributed by atoms with E-state index in [1.54, 1.807) is 30.8 Å². The van der Waals surface area contributed by atoms with Crippen molar-refractivity contribution in [1.29, 1.82) is 0 Å². The van der Waals surface area contributed by atoms with Crippen LogP contribution < -0.4 is 5.48 Å². The van der Waals surface area contributed by atoms with Gasteiger partial charge in [-0.05, 0) is 18.6 Å². The summed E-state index contributed by atoms with van der Waals surface area (Å²) >= 11 is 6.81. The lowest BCUT2D eigenvalue weighted by Crippen LogP contribution is -2.20. The SMILES string of the molecule is CCc1nc(-c2cccnc2)sc1C(=S)NOC. The van der Waals surface area contributed by atoms with Gasteiger partial charge in [0.25, 0.3) is 0 Å². The molecule has 0 aliphatic carbocycles. The number of pyridine rings is 1. The molecule has 0 aromatic carbocycles. The van der Waals surface area contributed by atoms with E-state index < -0.39 is 0 Å². The number of hydrogen-bond acceptors (Lipinski definition) is 5. The van der Waals surface area contributed by atoms with Crippen LogP contribution in [0.5, 0.6) is 0 Å². The second-order valence-electron chi connectivity index (χ2n) is 3.53. The molecule has 0 amide bonds. The van der Waals surface area contributed by atoms with E-state index in [1.807, 2.05) is 12.1 Å². The van der Waals surface area contributed by atoms with Gasteiger partial charge >= 0.3 is 0 Å². The monoisotopic (exact) mass is 279 g/mol. The third kappa shape index (κ3) is 2.72. The van der Waals surface area contributed by atoms with Gasteiger partial charge in [-0.3, -0.25) is 15.3 Å². The Morgan fingerprint density at radius 1 is 1.56 bits per heavy atom. The largest absolute Gasteiger partial charge is 0.279 e. The number of aromatic nitrogens is 2. The fourth-order valence-corrected chi connectivity index (χ4v) is 2.88. The Bertz CT molecular complexity index is 540. The highest BCUT2D eigenvalue weighted by molar-refractivity contribution is 7.81. The molecule has 4 nitrogen and oxygen atoms in total. The van der Waals surface area contributed by atoms with Gasteiger partial charge in [-0.2, -0.15) is 0 Å². The number of aryl methyl sites for hydroxylation is 1. The van der Waals surface area contributed by atoms with Crippen molar-refractivity contribution in [3.05, 3.63) is 35.1 Å². The van der Waals surface area contributed by atoms with Crippen LogP contribution >= 0.6 is 23.6 Å². The minimum Gasteiger partial charge on any atom is -0.279 e. The lowest BCUT2D eigenvalue weighted by Gasteiger charge is -2.02. The predicted molar refractivity (Wildman–Crippen MR) is 76.6 cm³/mol. The zero-order chi connectivity index (χ0) is 13.0. The number of nitrogens with zero attached hydrogens (tertiary/aromatic N) is 2. The second-order valence-corrected chi connectivity index (χ2v) is 4.93. The van der Waals surface area contributed by atoms with Crippen molar-refractivity contribution >= 4 is 28.5 Å². The van der Waals surface area contributed by atoms with E-state index >= 15 is 0 Å². The smallest absolute Gasteiger partial charge is 0.142 e. The molecule has 0 saturated carbocycles. The van der Waals surface area contributed by atoms with Crippen LogP contribution in [0.1, 0.15) is 17.5 Å². The molecule has 0 aliphatic heterocycles. The molecule has 2 aromatic rings. The average Bonchev–Trinajstić information content (AvgIpc) is 2.84. The zero-order valence-electron chi connectivity index (χ0n) is 10.1. The molecule has 2 aromatic heterocycles. The molecule has 0 aliphatic rings. The highest BCUT2D eigenvalue weighted by Crippen LogP contribution is 2.28. The maximum Gasteiger partial charge on any atom is 0.142 e. The number of rotatable bonds is 4. The summed E-state index contributed by atoms with van der Waals surface area (Å²) in [6.07, 6.45) is 4.38. The van der Waals surface area contributed by atoms with Gasteiger partial charge in [0.1, 0.15) is 10.00 Å². The summed E-state index contributed by atoms with van der Waals surface area (Å²) in [6.45, 7) is 2.06. The van der Waals surface area contributed by atoms with Crippen molar-refractivity contribution in [3.63, 3.8) is 0 Å². The molecule has 6 heteroatoms. The fraction of sp³-hybridized carbons (Fsp3) is 0.250. The molecule has 0 atom stereocenters. The van der Waals surface area contributed by atoms with Crippen LogP contribution in [0.3, 0.4) is 0 Å². The minimum absolute atomic E-state index is 0.571. The van der Waals surface area contributed by atoms with Crippen molar-refractivity contribution in [3.8, 4) is 10.6 Å². The molecule has 0 radical (unpaired) electrons. The van der Waals surface area contributed by atoms with Crippen LogP contribution in [0.2, 0.25) is 0 Å². The van der Waals surface area contributed by atoms with E-state index in [4.69, 9.17) is 17.1 Å². The number of thiazole rings is 1. The summed E-state index contributed by atoms with van der Waals surface area (Å²) in [6, 6.07) is 3.88. The van der Waals surface area contributed by atoms with Crippen LogP contribution in [0, 0.1) is 0 Å². The second kappa shape index (κ2) is 5.99. The molecule has 0 fully saturated rings. The van der Waals surface area contributed by atoms with E-state index in [0.29, 0.717) is 4.99 Å². The molecule has 0 bridgehead atoms. The van der Waals surface area contributed by atoms with Gasteiger partial charge < -0.3 is 0 Å². The number of nitrogens with one attached hydrogen (secondary N) is 1. The van der Waals surface area contributed by atoms with E-state index in [2.05, 4.69) is 22.4 Å². The predicted octanol–water partition coefficient (Wildman–Crippen LogP) is 2.59. The maximum absolute atomic E-state index is 5.26. The molecule has 0 spiro atoms. The van der Waals surface area contributed by atoms with Crippen LogP contribution in [0.4, 0.5) is 0 Å². The van der Waals surface area contributed by atoms with Gasteiger partial charge in [-0.15, -0.1) is 11.3 Å². The summed E-state index contributed by atoms with van der Waals surface area (Å²) in [4.78, 5) is 15.1. The number of hydroxylamine groups is 1. The van der Waals surface area contributed by atoms with Crippen molar-refractivity contribution < 1.29 is 4.84 Å². The molecular formula is C12H13N3OS2. The number of thiocarbonyl (C=S) groups is 1. The Hall–Kier alpha value is -1.37. The van der Waals surface area contributed by atoms with Crippen molar-refractivity contribution in [2.75, 3.05) is 7.11 Å². The highest BCUT2D eigenvalue weighted by Gasteiger charge is 2.14. The molecule has 1 N–H and O–H groups in total. The maximum atomic E-state index is 5.26. The van der Waals surface area contributed by atoms with Crippen molar-refractivity contribution in [1.82, 2.24) is 15.4 Å². The lowest BCUT2D eigenvalue weighted by atomic mass is 10.3. The average molecular weight is 279 g/mol. The van der Waals surface area contributed by atoms with Gasteiger partial charge in [0, 0.05) is 18.0 Å². The van der Waals surface area contributed by atoms with Gasteiger partial charge in [0.05, 0.1) is 17.7 Å². The van der Waals surface area contributed by atoms with Crippen molar-refractivity contribution in [2.45, 2.75) is 13.3 Å². The molecule has 2 rings (SSSR count). The normalized spacial score (nSPS) is 10.3. The first-order valence-corrected chi connectivity index (χ1v) is 6.72. The first kappa shape index (κ1) is 13.1. The minimum atomic E-state index is 0.571. The third-order valence-corrected chi connectivity index (χ3v) is 3.92. The Morgan fingerprint density at radius 2 is 2.39 bits per heavy atom. The molecular weight excluding hydrogens is 266 g/mol. The molecule has 0 unspecified atom stereocenters. The zero-order valence-corrected chi connectivity index (χ0v) is 11.8.